The second-order valence-corrected chi connectivity index (χ2v) is 5.64. The standard InChI is InChI=1S/C19H20FNO4/c1-13(19(23)24)14-7-9-16(10-8-14)21-18(22)6-3-11-25-17-5-2-4-15(20)12-17/h2,4-5,7-10,12-13H,3,6,11H2,1H3,(H,21,22)(H,23,24). The summed E-state index contributed by atoms with van der Waals surface area (Å²) in [6.07, 6.45) is 0.763. The van der Waals surface area contributed by atoms with Crippen LogP contribution in [-0.2, 0) is 9.59 Å². The molecule has 1 unspecified atom stereocenters. The Bertz CT molecular complexity index is 730. The maximum absolute atomic E-state index is 13.0. The first-order valence-electron chi connectivity index (χ1n) is 7.96. The lowest BCUT2D eigenvalue weighted by Crippen LogP contribution is -2.13. The largest absolute Gasteiger partial charge is 0.493 e. The number of carboxylic acids is 1. The van der Waals surface area contributed by atoms with E-state index < -0.39 is 11.9 Å². The quantitative estimate of drug-likeness (QED) is 0.713. The van der Waals surface area contributed by atoms with Crippen LogP contribution in [-0.4, -0.2) is 23.6 Å². The normalized spacial score (nSPS) is 11.6. The topological polar surface area (TPSA) is 75.6 Å². The smallest absolute Gasteiger partial charge is 0.310 e. The SMILES string of the molecule is CC(C(=O)O)c1ccc(NC(=O)CCCOc2cccc(F)c2)cc1. The third-order valence-electron chi connectivity index (χ3n) is 3.68. The molecule has 0 spiro atoms. The van der Waals surface area contributed by atoms with Gasteiger partial charge in [-0.1, -0.05) is 18.2 Å². The predicted molar refractivity (Wildman–Crippen MR) is 92.3 cm³/mol. The molecule has 0 aliphatic heterocycles. The van der Waals surface area contributed by atoms with Crippen LogP contribution < -0.4 is 10.1 Å². The first-order chi connectivity index (χ1) is 12.0. The van der Waals surface area contributed by atoms with E-state index in [1.807, 2.05) is 0 Å². The minimum atomic E-state index is -0.893. The molecule has 0 bridgehead atoms. The average Bonchev–Trinajstić information content (AvgIpc) is 2.59. The Morgan fingerprint density at radius 3 is 2.56 bits per heavy atom. The Labute approximate surface area is 145 Å². The highest BCUT2D eigenvalue weighted by Crippen LogP contribution is 2.18. The van der Waals surface area contributed by atoms with Gasteiger partial charge in [-0.25, -0.2) is 4.39 Å². The van der Waals surface area contributed by atoms with Crippen LogP contribution in [0.3, 0.4) is 0 Å². The molecule has 0 saturated carbocycles. The van der Waals surface area contributed by atoms with E-state index in [0.717, 1.165) is 0 Å². The summed E-state index contributed by atoms with van der Waals surface area (Å²) in [5.41, 5.74) is 1.28. The summed E-state index contributed by atoms with van der Waals surface area (Å²) < 4.78 is 18.4. The van der Waals surface area contributed by atoms with E-state index >= 15 is 0 Å². The molecule has 0 heterocycles. The van der Waals surface area contributed by atoms with Crippen LogP contribution in [0.5, 0.6) is 5.75 Å². The van der Waals surface area contributed by atoms with Gasteiger partial charge in [0.2, 0.25) is 5.91 Å². The number of benzene rings is 2. The van der Waals surface area contributed by atoms with Crippen molar-refractivity contribution >= 4 is 17.6 Å². The van der Waals surface area contributed by atoms with Crippen molar-refractivity contribution in [2.45, 2.75) is 25.7 Å². The van der Waals surface area contributed by atoms with Gasteiger partial charge >= 0.3 is 5.97 Å². The molecule has 0 aliphatic carbocycles. The molecule has 6 heteroatoms. The highest BCUT2D eigenvalue weighted by atomic mass is 19.1. The van der Waals surface area contributed by atoms with Gasteiger partial charge in [-0.05, 0) is 43.2 Å². The number of carbonyl (C=O) groups is 2. The van der Waals surface area contributed by atoms with Crippen LogP contribution >= 0.6 is 0 Å². The summed E-state index contributed by atoms with van der Waals surface area (Å²) in [7, 11) is 0. The van der Waals surface area contributed by atoms with E-state index in [1.54, 1.807) is 43.3 Å². The Morgan fingerprint density at radius 1 is 1.20 bits per heavy atom. The van der Waals surface area contributed by atoms with E-state index in [1.165, 1.54) is 12.1 Å². The first kappa shape index (κ1) is 18.4. The molecule has 132 valence electrons. The second-order valence-electron chi connectivity index (χ2n) is 5.64. The third-order valence-corrected chi connectivity index (χ3v) is 3.68. The van der Waals surface area contributed by atoms with Gasteiger partial charge in [0, 0.05) is 18.2 Å². The zero-order valence-corrected chi connectivity index (χ0v) is 13.9. The summed E-state index contributed by atoms with van der Waals surface area (Å²) in [6, 6.07) is 12.6. The molecule has 0 aromatic heterocycles. The summed E-state index contributed by atoms with van der Waals surface area (Å²) in [5.74, 6) is -1.58. The van der Waals surface area contributed by atoms with Crippen molar-refractivity contribution in [1.29, 1.82) is 0 Å². The maximum Gasteiger partial charge on any atom is 0.310 e. The molecule has 0 radical (unpaired) electrons. The number of hydrogen-bond acceptors (Lipinski definition) is 3. The molecule has 0 saturated heterocycles. The predicted octanol–water partition coefficient (Wildman–Crippen LogP) is 3.81. The van der Waals surface area contributed by atoms with Gasteiger partial charge in [-0.15, -0.1) is 0 Å². The minimum absolute atomic E-state index is 0.165. The lowest BCUT2D eigenvalue weighted by Gasteiger charge is -2.09. The van der Waals surface area contributed by atoms with E-state index in [4.69, 9.17) is 9.84 Å². The molecule has 0 fully saturated rings. The lowest BCUT2D eigenvalue weighted by atomic mass is 10.0. The van der Waals surface area contributed by atoms with Crippen molar-refractivity contribution in [3.05, 3.63) is 59.9 Å². The average molecular weight is 345 g/mol. The summed E-state index contributed by atoms with van der Waals surface area (Å²) >= 11 is 0. The molecular weight excluding hydrogens is 325 g/mol. The molecule has 0 aliphatic rings. The number of rotatable bonds is 8. The number of carboxylic acid groups (broad SMARTS) is 1. The summed E-state index contributed by atoms with van der Waals surface area (Å²) in [5, 5.41) is 11.7. The molecule has 2 aromatic rings. The molecule has 5 nitrogen and oxygen atoms in total. The van der Waals surface area contributed by atoms with Crippen LogP contribution in [0, 0.1) is 5.82 Å². The Kier molecular flexibility index (Phi) is 6.51. The molecule has 2 rings (SSSR count). The molecule has 2 N–H and O–H groups in total. The van der Waals surface area contributed by atoms with Gasteiger partial charge in [0.1, 0.15) is 11.6 Å². The highest BCUT2D eigenvalue weighted by Gasteiger charge is 2.13. The van der Waals surface area contributed by atoms with Gasteiger partial charge in [0.15, 0.2) is 0 Å². The van der Waals surface area contributed by atoms with Gasteiger partial charge in [-0.2, -0.15) is 0 Å². The van der Waals surface area contributed by atoms with Crippen LogP contribution in [0.2, 0.25) is 0 Å². The number of halogens is 1. The Hall–Kier alpha value is -2.89. The van der Waals surface area contributed by atoms with Gasteiger partial charge in [0.05, 0.1) is 12.5 Å². The summed E-state index contributed by atoms with van der Waals surface area (Å²) in [4.78, 5) is 22.8. The van der Waals surface area contributed by atoms with E-state index in [-0.39, 0.29) is 18.1 Å². The van der Waals surface area contributed by atoms with Crippen molar-refractivity contribution in [3.63, 3.8) is 0 Å². The second kappa shape index (κ2) is 8.82. The summed E-state index contributed by atoms with van der Waals surface area (Å²) in [6.45, 7) is 1.92. The number of nitrogens with one attached hydrogen (secondary N) is 1. The highest BCUT2D eigenvalue weighted by molar-refractivity contribution is 5.90. The van der Waals surface area contributed by atoms with Crippen LogP contribution in [0.4, 0.5) is 10.1 Å². The third kappa shape index (κ3) is 5.91. The van der Waals surface area contributed by atoms with Gasteiger partial charge in [0.25, 0.3) is 0 Å². The van der Waals surface area contributed by atoms with Crippen molar-refractivity contribution in [3.8, 4) is 5.75 Å². The number of amides is 1. The van der Waals surface area contributed by atoms with E-state index in [0.29, 0.717) is 30.0 Å². The Balaban J connectivity index is 1.74. The van der Waals surface area contributed by atoms with Crippen LogP contribution in [0.1, 0.15) is 31.2 Å². The van der Waals surface area contributed by atoms with Crippen molar-refractivity contribution in [2.24, 2.45) is 0 Å². The number of ether oxygens (including phenoxy) is 1. The molecule has 1 amide bonds. The van der Waals surface area contributed by atoms with Crippen molar-refractivity contribution < 1.29 is 23.8 Å². The zero-order valence-electron chi connectivity index (χ0n) is 13.9. The number of aliphatic carboxylic acids is 1. The zero-order chi connectivity index (χ0) is 18.2. The lowest BCUT2D eigenvalue weighted by molar-refractivity contribution is -0.138. The van der Waals surface area contributed by atoms with E-state index in [2.05, 4.69) is 5.32 Å². The minimum Gasteiger partial charge on any atom is -0.493 e. The van der Waals surface area contributed by atoms with E-state index in [9.17, 15) is 14.0 Å². The first-order valence-corrected chi connectivity index (χ1v) is 7.96. The van der Waals surface area contributed by atoms with Crippen LogP contribution in [0.15, 0.2) is 48.5 Å². The maximum atomic E-state index is 13.0. The van der Waals surface area contributed by atoms with Gasteiger partial charge in [-0.3, -0.25) is 9.59 Å². The molecule has 2 aromatic carbocycles. The van der Waals surface area contributed by atoms with Crippen molar-refractivity contribution in [1.82, 2.24) is 0 Å². The monoisotopic (exact) mass is 345 g/mol. The number of hydrogen-bond donors (Lipinski definition) is 2. The Morgan fingerprint density at radius 2 is 1.92 bits per heavy atom. The van der Waals surface area contributed by atoms with Crippen LogP contribution in [0.25, 0.3) is 0 Å². The van der Waals surface area contributed by atoms with Gasteiger partial charge < -0.3 is 15.2 Å². The van der Waals surface area contributed by atoms with Crippen molar-refractivity contribution in [2.75, 3.05) is 11.9 Å². The number of carbonyl (C=O) groups excluding carboxylic acids is 1. The number of anilines is 1. The molecular formula is C19H20FNO4. The molecule has 1 atom stereocenters. The fourth-order valence-electron chi connectivity index (χ4n) is 2.20. The fraction of sp³-hybridized carbons (Fsp3) is 0.263. The fourth-order valence-corrected chi connectivity index (χ4v) is 2.20. The molecule has 25 heavy (non-hydrogen) atoms.